The van der Waals surface area contributed by atoms with Crippen LogP contribution in [0.5, 0.6) is 0 Å². The van der Waals surface area contributed by atoms with E-state index in [-0.39, 0.29) is 4.90 Å². The third kappa shape index (κ3) is 7.74. The summed E-state index contributed by atoms with van der Waals surface area (Å²) < 4.78 is 63.3. The highest BCUT2D eigenvalue weighted by atomic mass is 32.2. The Balaban J connectivity index is 0.000000479. The van der Waals surface area contributed by atoms with E-state index in [9.17, 15) is 21.6 Å². The van der Waals surface area contributed by atoms with E-state index < -0.39 is 22.2 Å². The van der Waals surface area contributed by atoms with Gasteiger partial charge in [0.15, 0.2) is 12.2 Å². The molecule has 15 heteroatoms. The predicted octanol–water partition coefficient (Wildman–Crippen LogP) is 4.16. The largest absolute Gasteiger partial charge is 0.490 e. The average molecular weight is 536 g/mol. The SMILES string of the molecule is CNS(=O)(=O)c1cccc(Nc2cc(Nc3ccc(-c4cnco4)cc3)ncn2)c1.O=C(O)C(F)(F)F. The summed E-state index contributed by atoms with van der Waals surface area (Å²) in [6.45, 7) is 0. The fourth-order valence-corrected chi connectivity index (χ4v) is 3.50. The van der Waals surface area contributed by atoms with Gasteiger partial charge in [0, 0.05) is 23.0 Å². The van der Waals surface area contributed by atoms with Crippen molar-refractivity contribution in [1.82, 2.24) is 19.7 Å². The first-order chi connectivity index (χ1) is 17.5. The second-order valence-electron chi connectivity index (χ2n) is 7.02. The molecule has 0 atom stereocenters. The molecule has 0 aliphatic rings. The maximum atomic E-state index is 12.0. The van der Waals surface area contributed by atoms with E-state index in [1.165, 1.54) is 31.9 Å². The van der Waals surface area contributed by atoms with E-state index in [1.807, 2.05) is 24.3 Å². The zero-order valence-corrected chi connectivity index (χ0v) is 19.7. The number of nitrogens with one attached hydrogen (secondary N) is 3. The van der Waals surface area contributed by atoms with Gasteiger partial charge in [0.25, 0.3) is 0 Å². The first-order valence-corrected chi connectivity index (χ1v) is 11.6. The number of aromatic nitrogens is 3. The zero-order chi connectivity index (χ0) is 27.1. The summed E-state index contributed by atoms with van der Waals surface area (Å²) in [5.74, 6) is -0.964. The molecule has 0 aliphatic heterocycles. The Morgan fingerprint density at radius 1 is 0.973 bits per heavy atom. The Hall–Kier alpha value is -4.50. The number of anilines is 4. The summed E-state index contributed by atoms with van der Waals surface area (Å²) in [5, 5.41) is 13.4. The van der Waals surface area contributed by atoms with Crippen molar-refractivity contribution in [2.45, 2.75) is 11.1 Å². The predicted molar refractivity (Wildman–Crippen MR) is 127 cm³/mol. The van der Waals surface area contributed by atoms with E-state index in [0.717, 1.165) is 11.3 Å². The third-order valence-electron chi connectivity index (χ3n) is 4.47. The molecule has 0 amide bonds. The number of oxazole rings is 1. The summed E-state index contributed by atoms with van der Waals surface area (Å²) >= 11 is 0. The highest BCUT2D eigenvalue weighted by molar-refractivity contribution is 7.89. The van der Waals surface area contributed by atoms with Gasteiger partial charge in [-0.2, -0.15) is 13.2 Å². The van der Waals surface area contributed by atoms with Crippen LogP contribution in [-0.4, -0.2) is 47.7 Å². The number of carboxylic acid groups (broad SMARTS) is 1. The van der Waals surface area contributed by atoms with Gasteiger partial charge in [-0.15, -0.1) is 0 Å². The van der Waals surface area contributed by atoms with Crippen molar-refractivity contribution in [3.05, 3.63) is 73.5 Å². The highest BCUT2D eigenvalue weighted by Crippen LogP contribution is 2.24. The van der Waals surface area contributed by atoms with Crippen molar-refractivity contribution in [1.29, 1.82) is 0 Å². The fraction of sp³-hybridized carbons (Fsp3) is 0.0909. The molecule has 0 saturated carbocycles. The lowest BCUT2D eigenvalue weighted by Crippen LogP contribution is -2.21. The van der Waals surface area contributed by atoms with E-state index in [2.05, 4.69) is 30.3 Å². The molecule has 11 nitrogen and oxygen atoms in total. The van der Waals surface area contributed by atoms with Gasteiger partial charge in [0.2, 0.25) is 10.0 Å². The van der Waals surface area contributed by atoms with Crippen LogP contribution < -0.4 is 15.4 Å². The Morgan fingerprint density at radius 2 is 1.59 bits per heavy atom. The summed E-state index contributed by atoms with van der Waals surface area (Å²) in [5.41, 5.74) is 2.34. The minimum Gasteiger partial charge on any atom is -0.475 e. The van der Waals surface area contributed by atoms with Crippen LogP contribution in [0.15, 0.2) is 82.8 Å². The van der Waals surface area contributed by atoms with Crippen molar-refractivity contribution in [2.24, 2.45) is 0 Å². The Bertz CT molecular complexity index is 1450. The molecule has 37 heavy (non-hydrogen) atoms. The number of nitrogens with zero attached hydrogens (tertiary/aromatic N) is 3. The second-order valence-corrected chi connectivity index (χ2v) is 8.91. The van der Waals surface area contributed by atoms with Crippen molar-refractivity contribution in [2.75, 3.05) is 17.7 Å². The van der Waals surface area contributed by atoms with Gasteiger partial charge < -0.3 is 20.2 Å². The lowest BCUT2D eigenvalue weighted by molar-refractivity contribution is -0.192. The Kier molecular flexibility index (Phi) is 8.41. The molecule has 2 heterocycles. The number of carboxylic acids is 1. The van der Waals surface area contributed by atoms with Crippen LogP contribution in [0.2, 0.25) is 0 Å². The number of benzene rings is 2. The Morgan fingerprint density at radius 3 is 2.14 bits per heavy atom. The van der Waals surface area contributed by atoms with Gasteiger partial charge in [-0.3, -0.25) is 0 Å². The quantitative estimate of drug-likeness (QED) is 0.270. The highest BCUT2D eigenvalue weighted by Gasteiger charge is 2.38. The lowest BCUT2D eigenvalue weighted by atomic mass is 10.2. The number of alkyl halides is 3. The first kappa shape index (κ1) is 27.1. The number of carbonyl (C=O) groups is 1. The van der Waals surface area contributed by atoms with Crippen molar-refractivity contribution in [3.63, 3.8) is 0 Å². The molecular weight excluding hydrogens is 517 g/mol. The smallest absolute Gasteiger partial charge is 0.475 e. The van der Waals surface area contributed by atoms with Crippen molar-refractivity contribution >= 4 is 39.0 Å². The summed E-state index contributed by atoms with van der Waals surface area (Å²) in [7, 11) is -2.16. The van der Waals surface area contributed by atoms with Gasteiger partial charge in [0.1, 0.15) is 18.0 Å². The van der Waals surface area contributed by atoms with Crippen LogP contribution in [0.1, 0.15) is 0 Å². The molecule has 0 aliphatic carbocycles. The third-order valence-corrected chi connectivity index (χ3v) is 5.88. The molecular formula is C22H19F3N6O5S. The monoisotopic (exact) mass is 536 g/mol. The lowest BCUT2D eigenvalue weighted by Gasteiger charge is -2.10. The number of halogens is 3. The van der Waals surface area contributed by atoms with Crippen LogP contribution in [-0.2, 0) is 14.8 Å². The van der Waals surface area contributed by atoms with Gasteiger partial charge in [-0.05, 0) is 49.5 Å². The van der Waals surface area contributed by atoms with E-state index >= 15 is 0 Å². The maximum absolute atomic E-state index is 12.0. The van der Waals surface area contributed by atoms with Gasteiger partial charge >= 0.3 is 12.1 Å². The number of hydrogen-bond donors (Lipinski definition) is 4. The van der Waals surface area contributed by atoms with Crippen LogP contribution in [0.4, 0.5) is 36.2 Å². The average Bonchev–Trinajstić information content (AvgIpc) is 3.40. The second kappa shape index (κ2) is 11.5. The number of aliphatic carboxylic acids is 1. The topological polar surface area (TPSA) is 159 Å². The number of hydrogen-bond acceptors (Lipinski definition) is 9. The van der Waals surface area contributed by atoms with Gasteiger partial charge in [-0.25, -0.2) is 32.9 Å². The Labute approximate surface area is 208 Å². The van der Waals surface area contributed by atoms with Crippen molar-refractivity contribution < 1.29 is 35.9 Å². The maximum Gasteiger partial charge on any atom is 0.490 e. The normalized spacial score (nSPS) is 11.2. The van der Waals surface area contributed by atoms with Crippen molar-refractivity contribution in [3.8, 4) is 11.3 Å². The van der Waals surface area contributed by atoms with Crippen LogP contribution >= 0.6 is 0 Å². The van der Waals surface area contributed by atoms with E-state index in [0.29, 0.717) is 23.1 Å². The molecule has 0 saturated heterocycles. The van der Waals surface area contributed by atoms with Crippen LogP contribution in [0.3, 0.4) is 0 Å². The molecule has 4 rings (SSSR count). The minimum absolute atomic E-state index is 0.161. The number of sulfonamides is 1. The van der Waals surface area contributed by atoms with Gasteiger partial charge in [0.05, 0.1) is 11.1 Å². The standard InChI is InChI=1S/C20H18N6O3S.C2HF3O2/c1-21-30(27,28)17-4-2-3-16(9-17)26-20-10-19(23-12-24-20)25-15-7-5-14(6-8-15)18-11-22-13-29-18;3-2(4,5)1(6)7/h2-13,21H,1H3,(H2,23,24,25,26);(H,6,7). The van der Waals surface area contributed by atoms with E-state index in [4.69, 9.17) is 14.3 Å². The molecule has 0 unspecified atom stereocenters. The van der Waals surface area contributed by atoms with Gasteiger partial charge in [-0.1, -0.05) is 6.07 Å². The van der Waals surface area contributed by atoms with E-state index in [1.54, 1.807) is 24.4 Å². The zero-order valence-electron chi connectivity index (χ0n) is 18.9. The molecule has 0 bridgehead atoms. The molecule has 2 aromatic carbocycles. The summed E-state index contributed by atoms with van der Waals surface area (Å²) in [6, 6.07) is 15.8. The molecule has 4 N–H and O–H groups in total. The molecule has 2 aromatic heterocycles. The molecule has 0 radical (unpaired) electrons. The minimum atomic E-state index is -5.08. The summed E-state index contributed by atoms with van der Waals surface area (Å²) in [6.07, 6.45) is -0.621. The molecule has 194 valence electrons. The molecule has 0 fully saturated rings. The fourth-order valence-electron chi connectivity index (χ4n) is 2.72. The molecule has 0 spiro atoms. The number of rotatable bonds is 7. The summed E-state index contributed by atoms with van der Waals surface area (Å²) in [4.78, 5) is 21.4. The van der Waals surface area contributed by atoms with Crippen LogP contribution in [0, 0.1) is 0 Å². The van der Waals surface area contributed by atoms with Crippen LogP contribution in [0.25, 0.3) is 11.3 Å². The molecule has 4 aromatic rings. The first-order valence-electron chi connectivity index (χ1n) is 10.2.